The first-order chi connectivity index (χ1) is 9.56. The number of urea groups is 1. The summed E-state index contributed by atoms with van der Waals surface area (Å²) in [5.74, 6) is -0.920. The van der Waals surface area contributed by atoms with E-state index in [0.29, 0.717) is 19.5 Å². The van der Waals surface area contributed by atoms with Gasteiger partial charge in [-0.3, -0.25) is 4.90 Å². The molecule has 2 rings (SSSR count). The minimum Gasteiger partial charge on any atom is -0.480 e. The first-order valence-electron chi connectivity index (χ1n) is 6.92. The zero-order valence-electron chi connectivity index (χ0n) is 11.9. The third kappa shape index (κ3) is 2.61. The molecule has 1 saturated heterocycles. The smallest absolute Gasteiger partial charge is 0.326 e. The SMILES string of the molecule is CCN(C(=O)N1CCC[C@@H]1C(=O)O)c1ccccc1C. The third-order valence-electron chi connectivity index (χ3n) is 3.74. The molecule has 1 aromatic carbocycles. The molecule has 1 fully saturated rings. The minimum absolute atomic E-state index is 0.216. The Morgan fingerprint density at radius 1 is 1.40 bits per heavy atom. The average molecular weight is 276 g/mol. The topological polar surface area (TPSA) is 60.9 Å². The number of anilines is 1. The Kier molecular flexibility index (Phi) is 4.27. The minimum atomic E-state index is -0.920. The van der Waals surface area contributed by atoms with Crippen molar-refractivity contribution in [1.82, 2.24) is 4.90 Å². The number of benzene rings is 1. The van der Waals surface area contributed by atoms with Gasteiger partial charge >= 0.3 is 12.0 Å². The van der Waals surface area contributed by atoms with E-state index in [0.717, 1.165) is 17.7 Å². The first-order valence-corrected chi connectivity index (χ1v) is 6.92. The normalized spacial score (nSPS) is 18.1. The highest BCUT2D eigenvalue weighted by Gasteiger charge is 2.36. The van der Waals surface area contributed by atoms with E-state index in [9.17, 15) is 14.7 Å². The summed E-state index contributed by atoms with van der Waals surface area (Å²) < 4.78 is 0. The second-order valence-electron chi connectivity index (χ2n) is 5.00. The van der Waals surface area contributed by atoms with E-state index < -0.39 is 12.0 Å². The second-order valence-corrected chi connectivity index (χ2v) is 5.00. The lowest BCUT2D eigenvalue weighted by molar-refractivity contribution is -0.141. The zero-order valence-corrected chi connectivity index (χ0v) is 11.9. The number of amides is 2. The predicted octanol–water partition coefficient (Wildman–Crippen LogP) is 2.49. The molecule has 0 saturated carbocycles. The summed E-state index contributed by atoms with van der Waals surface area (Å²) in [4.78, 5) is 27.0. The highest BCUT2D eigenvalue weighted by Crippen LogP contribution is 2.24. The third-order valence-corrected chi connectivity index (χ3v) is 3.74. The second kappa shape index (κ2) is 5.94. The molecule has 108 valence electrons. The van der Waals surface area contributed by atoms with E-state index in [1.165, 1.54) is 4.90 Å². The maximum Gasteiger partial charge on any atom is 0.326 e. The Morgan fingerprint density at radius 3 is 2.70 bits per heavy atom. The number of hydrogen-bond acceptors (Lipinski definition) is 2. The van der Waals surface area contributed by atoms with Crippen molar-refractivity contribution in [2.45, 2.75) is 32.7 Å². The Labute approximate surface area is 118 Å². The lowest BCUT2D eigenvalue weighted by atomic mass is 10.2. The number of rotatable bonds is 3. The summed E-state index contributed by atoms with van der Waals surface area (Å²) >= 11 is 0. The van der Waals surface area contributed by atoms with Gasteiger partial charge in [-0.05, 0) is 38.3 Å². The lowest BCUT2D eigenvalue weighted by Crippen LogP contribution is -2.48. The van der Waals surface area contributed by atoms with E-state index >= 15 is 0 Å². The van der Waals surface area contributed by atoms with Crippen molar-refractivity contribution in [2.75, 3.05) is 18.0 Å². The van der Waals surface area contributed by atoms with E-state index in [2.05, 4.69) is 0 Å². The van der Waals surface area contributed by atoms with Crippen molar-refractivity contribution in [1.29, 1.82) is 0 Å². The highest BCUT2D eigenvalue weighted by molar-refractivity contribution is 5.95. The average Bonchev–Trinajstić information content (AvgIpc) is 2.91. The first kappa shape index (κ1) is 14.4. The zero-order chi connectivity index (χ0) is 14.7. The summed E-state index contributed by atoms with van der Waals surface area (Å²) in [6.45, 7) is 4.88. The monoisotopic (exact) mass is 276 g/mol. The number of carboxylic acid groups (broad SMARTS) is 1. The van der Waals surface area contributed by atoms with Crippen molar-refractivity contribution in [2.24, 2.45) is 0 Å². The summed E-state index contributed by atoms with van der Waals surface area (Å²) in [6.07, 6.45) is 1.28. The molecule has 0 aromatic heterocycles. The Morgan fingerprint density at radius 2 is 2.10 bits per heavy atom. The number of aryl methyl sites for hydroxylation is 1. The molecule has 0 aliphatic carbocycles. The number of hydrogen-bond donors (Lipinski definition) is 1. The largest absolute Gasteiger partial charge is 0.480 e. The van der Waals surface area contributed by atoms with Crippen LogP contribution in [0, 0.1) is 6.92 Å². The summed E-state index contributed by atoms with van der Waals surface area (Å²) in [5.41, 5.74) is 1.85. The molecule has 5 heteroatoms. The van der Waals surface area contributed by atoms with Crippen LogP contribution in [-0.4, -0.2) is 41.1 Å². The van der Waals surface area contributed by atoms with Crippen LogP contribution in [0.3, 0.4) is 0 Å². The van der Waals surface area contributed by atoms with Gasteiger partial charge in [-0.15, -0.1) is 0 Å². The predicted molar refractivity (Wildman–Crippen MR) is 77.0 cm³/mol. The van der Waals surface area contributed by atoms with Gasteiger partial charge in [0.2, 0.25) is 0 Å². The molecule has 0 bridgehead atoms. The number of para-hydroxylation sites is 1. The number of carboxylic acids is 1. The molecule has 0 unspecified atom stereocenters. The molecule has 0 radical (unpaired) electrons. The Bertz CT molecular complexity index is 516. The van der Waals surface area contributed by atoms with Crippen molar-refractivity contribution in [3.63, 3.8) is 0 Å². The molecule has 1 heterocycles. The van der Waals surface area contributed by atoms with Crippen LogP contribution >= 0.6 is 0 Å². The summed E-state index contributed by atoms with van der Waals surface area (Å²) in [6, 6.07) is 6.74. The summed E-state index contributed by atoms with van der Waals surface area (Å²) in [7, 11) is 0. The molecular weight excluding hydrogens is 256 g/mol. The molecule has 1 aliphatic heterocycles. The number of carbonyl (C=O) groups excluding carboxylic acids is 1. The number of likely N-dealkylation sites (tertiary alicyclic amines) is 1. The number of nitrogens with zero attached hydrogens (tertiary/aromatic N) is 2. The van der Waals surface area contributed by atoms with E-state index in [1.807, 2.05) is 38.1 Å². The van der Waals surface area contributed by atoms with Crippen molar-refractivity contribution >= 4 is 17.7 Å². The summed E-state index contributed by atoms with van der Waals surface area (Å²) in [5, 5.41) is 9.20. The molecule has 20 heavy (non-hydrogen) atoms. The molecule has 5 nitrogen and oxygen atoms in total. The van der Waals surface area contributed by atoms with Gasteiger partial charge in [-0.1, -0.05) is 18.2 Å². The van der Waals surface area contributed by atoms with Gasteiger partial charge in [0.05, 0.1) is 0 Å². The lowest BCUT2D eigenvalue weighted by Gasteiger charge is -2.30. The van der Waals surface area contributed by atoms with Crippen molar-refractivity contribution < 1.29 is 14.7 Å². The van der Waals surface area contributed by atoms with Crippen LogP contribution in [0.15, 0.2) is 24.3 Å². The Hall–Kier alpha value is -2.04. The highest BCUT2D eigenvalue weighted by atomic mass is 16.4. The fourth-order valence-electron chi connectivity index (χ4n) is 2.68. The van der Waals surface area contributed by atoms with Crippen LogP contribution in [0.1, 0.15) is 25.3 Å². The van der Waals surface area contributed by atoms with E-state index in [4.69, 9.17) is 0 Å². The molecule has 1 aromatic rings. The van der Waals surface area contributed by atoms with E-state index in [1.54, 1.807) is 4.90 Å². The molecule has 0 spiro atoms. The van der Waals surface area contributed by atoms with Crippen molar-refractivity contribution in [3.8, 4) is 0 Å². The van der Waals surface area contributed by atoms with Crippen LogP contribution in [-0.2, 0) is 4.79 Å². The fraction of sp³-hybridized carbons (Fsp3) is 0.467. The van der Waals surface area contributed by atoms with Crippen molar-refractivity contribution in [3.05, 3.63) is 29.8 Å². The van der Waals surface area contributed by atoms with Crippen LogP contribution in [0.5, 0.6) is 0 Å². The molecule has 1 aliphatic rings. The van der Waals surface area contributed by atoms with Gasteiger partial charge in [0.1, 0.15) is 6.04 Å². The van der Waals surface area contributed by atoms with Gasteiger partial charge in [-0.25, -0.2) is 9.59 Å². The van der Waals surface area contributed by atoms with E-state index in [-0.39, 0.29) is 6.03 Å². The fourth-order valence-corrected chi connectivity index (χ4v) is 2.68. The number of aliphatic carboxylic acids is 1. The van der Waals surface area contributed by atoms with Gasteiger partial charge < -0.3 is 10.0 Å². The van der Waals surface area contributed by atoms with Crippen LogP contribution in [0.25, 0.3) is 0 Å². The quantitative estimate of drug-likeness (QED) is 0.922. The van der Waals surface area contributed by atoms with Crippen LogP contribution in [0.2, 0.25) is 0 Å². The van der Waals surface area contributed by atoms with Gasteiger partial charge in [0, 0.05) is 18.8 Å². The van der Waals surface area contributed by atoms with Gasteiger partial charge in [0.25, 0.3) is 0 Å². The molecule has 1 atom stereocenters. The Balaban J connectivity index is 2.26. The maximum absolute atomic E-state index is 12.6. The van der Waals surface area contributed by atoms with Gasteiger partial charge in [0.15, 0.2) is 0 Å². The van der Waals surface area contributed by atoms with Gasteiger partial charge in [-0.2, -0.15) is 0 Å². The molecule has 1 N–H and O–H groups in total. The van der Waals surface area contributed by atoms with Crippen LogP contribution in [0.4, 0.5) is 10.5 Å². The molecule has 2 amide bonds. The molecular formula is C15H20N2O3. The standard InChI is InChI=1S/C15H20N2O3/c1-3-16(12-8-5-4-7-11(12)2)15(20)17-10-6-9-13(17)14(18)19/h4-5,7-8,13H,3,6,9-10H2,1-2H3,(H,18,19)/t13-/m1/s1. The maximum atomic E-state index is 12.6. The van der Waals surface area contributed by atoms with Crippen LogP contribution < -0.4 is 4.90 Å². The number of carbonyl (C=O) groups is 2.